The number of rotatable bonds is 14. The van der Waals surface area contributed by atoms with Crippen LogP contribution in [0.1, 0.15) is 59.4 Å². The highest BCUT2D eigenvalue weighted by atomic mass is 32.2. The molecule has 2 aromatic carbocycles. The summed E-state index contributed by atoms with van der Waals surface area (Å²) in [6.45, 7) is 9.65. The summed E-state index contributed by atoms with van der Waals surface area (Å²) in [5.41, 5.74) is 2.70. The van der Waals surface area contributed by atoms with Crippen molar-refractivity contribution in [1.82, 2.24) is 19.9 Å². The summed E-state index contributed by atoms with van der Waals surface area (Å²) in [4.78, 5) is 48.1. The molecule has 1 atom stereocenters. The van der Waals surface area contributed by atoms with E-state index in [1.54, 1.807) is 25.3 Å². The molecule has 1 aromatic heterocycles. The van der Waals surface area contributed by atoms with Gasteiger partial charge in [0.2, 0.25) is 0 Å². The Morgan fingerprint density at radius 3 is 2.25 bits per heavy atom. The van der Waals surface area contributed by atoms with E-state index in [2.05, 4.69) is 10.2 Å². The standard InChI is InChI=1S/C35H44F5N5O5S/c1-32(2,3)34(28(46)22-51-18-15-41,42-16-10-17-45(31(48)49-33(4,5)6)50-30(47)35(38,39)40)29-43-27(25-19-24(36)13-14-26(25)37)21-44(29)20-23-11-8-7-9-12-23/h7-9,11-14,19,21,42H,10,15-18,20,22,41H2,1-6H3/t34-/m0/s1. The molecule has 0 unspecified atom stereocenters. The molecule has 0 fully saturated rings. The zero-order valence-electron chi connectivity index (χ0n) is 29.4. The van der Waals surface area contributed by atoms with Crippen LogP contribution in [-0.2, 0) is 31.2 Å². The highest BCUT2D eigenvalue weighted by molar-refractivity contribution is 7.99. The Labute approximate surface area is 298 Å². The fourth-order valence-electron chi connectivity index (χ4n) is 5.25. The SMILES string of the molecule is CC(C)(C)OC(=O)N(CCCN[C@@](C(=O)CSCCN)(c1nc(-c2cc(F)ccc2F)cn1Cc1ccccc1)C(C)(C)C)OC(=O)C(F)(F)F. The van der Waals surface area contributed by atoms with Crippen molar-refractivity contribution in [3.05, 3.63) is 77.8 Å². The molecule has 3 N–H and O–H groups in total. The third kappa shape index (κ3) is 11.0. The number of hydrogen-bond donors (Lipinski definition) is 2. The summed E-state index contributed by atoms with van der Waals surface area (Å²) in [5, 5.41) is 3.45. The Bertz CT molecular complexity index is 1660. The van der Waals surface area contributed by atoms with Crippen LogP contribution in [0.4, 0.5) is 26.7 Å². The van der Waals surface area contributed by atoms with E-state index in [-0.39, 0.29) is 53.2 Å². The maximum Gasteiger partial charge on any atom is 0.493 e. The second-order valence-corrected chi connectivity index (χ2v) is 14.8. The fraction of sp³-hybridized carbons (Fsp3) is 0.486. The molecule has 51 heavy (non-hydrogen) atoms. The van der Waals surface area contributed by atoms with E-state index < -0.39 is 53.0 Å². The molecule has 0 spiro atoms. The van der Waals surface area contributed by atoms with Crippen LogP contribution in [0.2, 0.25) is 0 Å². The molecule has 0 aliphatic carbocycles. The minimum absolute atomic E-state index is 0.0312. The van der Waals surface area contributed by atoms with E-state index in [0.717, 1.165) is 23.8 Å². The van der Waals surface area contributed by atoms with E-state index >= 15 is 4.39 Å². The van der Waals surface area contributed by atoms with Crippen molar-refractivity contribution >= 4 is 29.6 Å². The Balaban J connectivity index is 2.12. The lowest BCUT2D eigenvalue weighted by Crippen LogP contribution is -2.60. The van der Waals surface area contributed by atoms with Crippen molar-refractivity contribution in [3.8, 4) is 11.3 Å². The number of nitrogens with zero attached hydrogens (tertiary/aromatic N) is 3. The summed E-state index contributed by atoms with van der Waals surface area (Å²) < 4.78 is 75.6. The van der Waals surface area contributed by atoms with Crippen LogP contribution in [0, 0.1) is 17.0 Å². The molecule has 10 nitrogen and oxygen atoms in total. The largest absolute Gasteiger partial charge is 0.493 e. The van der Waals surface area contributed by atoms with Gasteiger partial charge in [-0.2, -0.15) is 24.9 Å². The van der Waals surface area contributed by atoms with E-state index in [0.29, 0.717) is 12.3 Å². The molecule has 0 saturated heterocycles. The van der Waals surface area contributed by atoms with Crippen LogP contribution in [0.15, 0.2) is 54.7 Å². The summed E-state index contributed by atoms with van der Waals surface area (Å²) in [6.07, 6.45) is -5.31. The molecule has 1 amide bonds. The number of imidazole rings is 1. The molecule has 3 rings (SSSR count). The Hall–Kier alpha value is -4.02. The molecule has 0 saturated carbocycles. The number of hydroxylamine groups is 2. The Morgan fingerprint density at radius 1 is 1.00 bits per heavy atom. The molecule has 280 valence electrons. The van der Waals surface area contributed by atoms with E-state index in [4.69, 9.17) is 15.5 Å². The predicted molar refractivity (Wildman–Crippen MR) is 183 cm³/mol. The number of benzene rings is 2. The van der Waals surface area contributed by atoms with Gasteiger partial charge in [0.15, 0.2) is 5.78 Å². The number of carbonyl (C=O) groups excluding carboxylic acids is 3. The average molecular weight is 742 g/mol. The van der Waals surface area contributed by atoms with Gasteiger partial charge in [-0.1, -0.05) is 51.1 Å². The van der Waals surface area contributed by atoms with Gasteiger partial charge < -0.3 is 19.9 Å². The van der Waals surface area contributed by atoms with Gasteiger partial charge in [-0.25, -0.2) is 23.4 Å². The number of Topliss-reactive ketones (excluding diaryl/α,β-unsaturated/α-hetero) is 1. The number of nitrogens with two attached hydrogens (primary N) is 1. The second-order valence-electron chi connectivity index (χ2n) is 13.7. The molecule has 0 bridgehead atoms. The minimum atomic E-state index is -5.39. The van der Waals surface area contributed by atoms with E-state index in [1.807, 2.05) is 30.3 Å². The van der Waals surface area contributed by atoms with Crippen molar-refractivity contribution in [2.24, 2.45) is 11.1 Å². The number of alkyl halides is 3. The summed E-state index contributed by atoms with van der Waals surface area (Å²) in [7, 11) is 0. The van der Waals surface area contributed by atoms with Crippen molar-refractivity contribution in [2.75, 3.05) is 31.1 Å². The molecule has 1 heterocycles. The molecule has 0 aliphatic heterocycles. The molecule has 0 radical (unpaired) electrons. The third-order valence-electron chi connectivity index (χ3n) is 7.50. The van der Waals surface area contributed by atoms with Gasteiger partial charge in [0.1, 0.15) is 28.6 Å². The first-order chi connectivity index (χ1) is 23.7. The van der Waals surface area contributed by atoms with Gasteiger partial charge in [0, 0.05) is 30.6 Å². The van der Waals surface area contributed by atoms with Crippen molar-refractivity contribution < 1.29 is 45.9 Å². The first-order valence-corrected chi connectivity index (χ1v) is 17.3. The Kier molecular flexibility index (Phi) is 13.8. The minimum Gasteiger partial charge on any atom is -0.442 e. The molecular formula is C35H44F5N5O5S. The highest BCUT2D eigenvalue weighted by Gasteiger charge is 2.52. The smallest absolute Gasteiger partial charge is 0.442 e. The van der Waals surface area contributed by atoms with Gasteiger partial charge >= 0.3 is 18.2 Å². The van der Waals surface area contributed by atoms with Crippen LogP contribution >= 0.6 is 11.8 Å². The summed E-state index contributed by atoms with van der Waals surface area (Å²) in [5.74, 6) is -3.79. The van der Waals surface area contributed by atoms with Gasteiger partial charge in [-0.15, -0.1) is 5.06 Å². The lowest BCUT2D eigenvalue weighted by atomic mass is 9.70. The number of carbonyl (C=O) groups is 3. The maximum absolute atomic E-state index is 15.1. The normalized spacial score (nSPS) is 13.4. The number of ketones is 1. The van der Waals surface area contributed by atoms with Crippen LogP contribution in [0.5, 0.6) is 0 Å². The summed E-state index contributed by atoms with van der Waals surface area (Å²) in [6, 6.07) is 12.1. The predicted octanol–water partition coefficient (Wildman–Crippen LogP) is 6.62. The topological polar surface area (TPSA) is 129 Å². The second kappa shape index (κ2) is 17.0. The number of ether oxygens (including phenoxy) is 1. The quantitative estimate of drug-likeness (QED) is 0.107. The van der Waals surface area contributed by atoms with Crippen molar-refractivity contribution in [3.63, 3.8) is 0 Å². The monoisotopic (exact) mass is 741 g/mol. The van der Waals surface area contributed by atoms with Crippen LogP contribution in [0.3, 0.4) is 0 Å². The van der Waals surface area contributed by atoms with Crippen LogP contribution < -0.4 is 11.1 Å². The molecule has 3 aromatic rings. The molecule has 16 heteroatoms. The average Bonchev–Trinajstić information content (AvgIpc) is 3.43. The van der Waals surface area contributed by atoms with E-state index in [9.17, 15) is 31.9 Å². The van der Waals surface area contributed by atoms with Gasteiger partial charge in [-0.05, 0) is 62.9 Å². The number of hydrogen-bond acceptors (Lipinski definition) is 9. The first-order valence-electron chi connectivity index (χ1n) is 16.1. The van der Waals surface area contributed by atoms with Gasteiger partial charge in [0.05, 0.1) is 18.0 Å². The number of aromatic nitrogens is 2. The van der Waals surface area contributed by atoms with Crippen LogP contribution in [0.25, 0.3) is 11.3 Å². The zero-order valence-corrected chi connectivity index (χ0v) is 30.2. The molecule has 0 aliphatic rings. The van der Waals surface area contributed by atoms with Gasteiger partial charge in [-0.3, -0.25) is 10.1 Å². The molecular weight excluding hydrogens is 697 g/mol. The maximum atomic E-state index is 15.1. The summed E-state index contributed by atoms with van der Waals surface area (Å²) >= 11 is 1.28. The number of nitrogens with one attached hydrogen (secondary N) is 1. The van der Waals surface area contributed by atoms with E-state index in [1.165, 1.54) is 38.7 Å². The van der Waals surface area contributed by atoms with Crippen LogP contribution in [-0.4, -0.2) is 75.4 Å². The highest BCUT2D eigenvalue weighted by Crippen LogP contribution is 2.42. The number of halogens is 5. The first kappa shape index (κ1) is 41.4. The number of thioether (sulfide) groups is 1. The van der Waals surface area contributed by atoms with Crippen molar-refractivity contribution in [2.45, 2.75) is 71.8 Å². The van der Waals surface area contributed by atoms with Crippen molar-refractivity contribution in [1.29, 1.82) is 0 Å². The number of amides is 1. The fourth-order valence-corrected chi connectivity index (χ4v) is 5.97. The third-order valence-corrected chi connectivity index (χ3v) is 8.49. The lowest BCUT2D eigenvalue weighted by Gasteiger charge is -2.44. The zero-order chi connectivity index (χ0) is 38.2. The Morgan fingerprint density at radius 2 is 1.67 bits per heavy atom. The van der Waals surface area contributed by atoms with Gasteiger partial charge in [0.25, 0.3) is 0 Å². The lowest BCUT2D eigenvalue weighted by molar-refractivity contribution is -0.232.